The zero-order valence-electron chi connectivity index (χ0n) is 15.3. The third-order valence-electron chi connectivity index (χ3n) is 5.63. The summed E-state index contributed by atoms with van der Waals surface area (Å²) in [7, 11) is 0. The van der Waals surface area contributed by atoms with Gasteiger partial charge in [0.05, 0.1) is 12.1 Å². The van der Waals surface area contributed by atoms with E-state index in [0.717, 1.165) is 24.8 Å². The van der Waals surface area contributed by atoms with Gasteiger partial charge < -0.3 is 0 Å². The van der Waals surface area contributed by atoms with Gasteiger partial charge in [0.15, 0.2) is 0 Å². The van der Waals surface area contributed by atoms with E-state index in [9.17, 15) is 4.79 Å². The van der Waals surface area contributed by atoms with Crippen molar-refractivity contribution in [1.82, 2.24) is 14.8 Å². The monoisotopic (exact) mass is 358 g/mol. The number of carbonyl (C=O) groups is 1. The van der Waals surface area contributed by atoms with Gasteiger partial charge in [-0.1, -0.05) is 60.2 Å². The Bertz CT molecular complexity index is 959. The van der Waals surface area contributed by atoms with E-state index in [1.54, 1.807) is 6.33 Å². The van der Waals surface area contributed by atoms with Crippen LogP contribution in [0.15, 0.2) is 60.9 Å². The van der Waals surface area contributed by atoms with Crippen LogP contribution in [0.1, 0.15) is 48.0 Å². The summed E-state index contributed by atoms with van der Waals surface area (Å²) in [5, 5.41) is 4.49. The predicted octanol–water partition coefficient (Wildman–Crippen LogP) is 4.06. The van der Waals surface area contributed by atoms with E-state index < -0.39 is 0 Å². The van der Waals surface area contributed by atoms with Gasteiger partial charge in [0, 0.05) is 5.92 Å². The van der Waals surface area contributed by atoms with E-state index in [0.29, 0.717) is 5.95 Å². The Labute approximate surface area is 158 Å². The summed E-state index contributed by atoms with van der Waals surface area (Å²) >= 11 is 0. The molecule has 2 aliphatic rings. The average molecular weight is 358 g/mol. The summed E-state index contributed by atoms with van der Waals surface area (Å²) in [6.45, 7) is 2.09. The lowest BCUT2D eigenvalue weighted by atomic mass is 9.91. The quantitative estimate of drug-likeness (QED) is 0.709. The molecule has 3 aromatic rings. The molecule has 1 aliphatic heterocycles. The van der Waals surface area contributed by atoms with E-state index in [4.69, 9.17) is 0 Å². The second-order valence-electron chi connectivity index (χ2n) is 7.58. The average Bonchev–Trinajstić information content (AvgIpc) is 3.44. The van der Waals surface area contributed by atoms with E-state index in [-0.39, 0.29) is 23.9 Å². The van der Waals surface area contributed by atoms with Crippen LogP contribution in [0.3, 0.4) is 0 Å². The highest BCUT2D eigenvalue weighted by molar-refractivity contribution is 5.96. The number of hydrogen-bond donors (Lipinski definition) is 0. The summed E-state index contributed by atoms with van der Waals surface area (Å²) < 4.78 is 1.92. The van der Waals surface area contributed by atoms with E-state index >= 15 is 0 Å². The number of amides is 1. The number of aryl methyl sites for hydroxylation is 1. The van der Waals surface area contributed by atoms with Gasteiger partial charge in [-0.3, -0.25) is 9.69 Å². The zero-order chi connectivity index (χ0) is 18.4. The standard InChI is InChI=1S/C22H22N4O/c1-15-7-9-17(10-8-15)20-13-19(16-5-3-2-4-6-16)25(21(27)18-11-12-18)22-23-14-24-26(20)22/h2-10,14,18-20H,11-13H2,1H3/t19-,20+/m0/s1. The number of anilines is 1. The van der Waals surface area contributed by atoms with Crippen LogP contribution in [0.4, 0.5) is 5.95 Å². The topological polar surface area (TPSA) is 51.0 Å². The lowest BCUT2D eigenvalue weighted by Gasteiger charge is -2.39. The van der Waals surface area contributed by atoms with Crippen molar-refractivity contribution < 1.29 is 4.79 Å². The van der Waals surface area contributed by atoms with Gasteiger partial charge in [-0.2, -0.15) is 10.1 Å². The number of carbonyl (C=O) groups excluding carboxylic acids is 1. The molecule has 5 rings (SSSR count). The van der Waals surface area contributed by atoms with Crippen LogP contribution in [-0.2, 0) is 4.79 Å². The van der Waals surface area contributed by atoms with Crippen molar-refractivity contribution in [2.24, 2.45) is 5.92 Å². The molecule has 5 heteroatoms. The Hall–Kier alpha value is -2.95. The fourth-order valence-corrected chi connectivity index (χ4v) is 4.00. The Morgan fingerprint density at radius 2 is 1.67 bits per heavy atom. The third kappa shape index (κ3) is 2.83. The van der Waals surface area contributed by atoms with E-state index in [1.807, 2.05) is 27.8 Å². The maximum absolute atomic E-state index is 13.1. The number of aromatic nitrogens is 3. The first-order valence-electron chi connectivity index (χ1n) is 9.56. The lowest BCUT2D eigenvalue weighted by molar-refractivity contribution is -0.120. The first-order valence-corrected chi connectivity index (χ1v) is 9.56. The highest BCUT2D eigenvalue weighted by Crippen LogP contribution is 2.44. The van der Waals surface area contributed by atoms with E-state index in [2.05, 4.69) is 53.4 Å². The predicted molar refractivity (Wildman–Crippen MR) is 103 cm³/mol. The van der Waals surface area contributed by atoms with Gasteiger partial charge in [0.1, 0.15) is 6.33 Å². The Morgan fingerprint density at radius 1 is 0.963 bits per heavy atom. The summed E-state index contributed by atoms with van der Waals surface area (Å²) in [6, 6.07) is 18.9. The van der Waals surface area contributed by atoms with Crippen molar-refractivity contribution in [1.29, 1.82) is 0 Å². The summed E-state index contributed by atoms with van der Waals surface area (Å²) in [5.41, 5.74) is 3.59. The number of nitrogens with zero attached hydrogens (tertiary/aromatic N) is 4. The summed E-state index contributed by atoms with van der Waals surface area (Å²) in [4.78, 5) is 19.5. The third-order valence-corrected chi connectivity index (χ3v) is 5.63. The molecule has 0 N–H and O–H groups in total. The van der Waals surface area contributed by atoms with Crippen LogP contribution in [0.25, 0.3) is 0 Å². The largest absolute Gasteiger partial charge is 0.274 e. The molecule has 0 saturated heterocycles. The minimum absolute atomic E-state index is 0.0256. The first-order chi connectivity index (χ1) is 13.2. The molecule has 0 radical (unpaired) electrons. The minimum atomic E-state index is -0.0256. The smallest absolute Gasteiger partial charge is 0.233 e. The highest BCUT2D eigenvalue weighted by Gasteiger charge is 2.44. The molecule has 0 spiro atoms. The molecule has 136 valence electrons. The van der Waals surface area contributed by atoms with Crippen molar-refractivity contribution >= 4 is 11.9 Å². The number of benzene rings is 2. The number of rotatable bonds is 3. The SMILES string of the molecule is Cc1ccc([C@H]2C[C@@H](c3ccccc3)N(C(=O)C3CC3)c3ncnn32)cc1. The van der Waals surface area contributed by atoms with Crippen molar-refractivity contribution in [3.8, 4) is 0 Å². The molecule has 0 bridgehead atoms. The highest BCUT2D eigenvalue weighted by atomic mass is 16.2. The number of fused-ring (bicyclic) bond motifs is 1. The van der Waals surface area contributed by atoms with Gasteiger partial charge in [0.25, 0.3) is 0 Å². The maximum atomic E-state index is 13.1. The molecule has 2 aromatic carbocycles. The van der Waals surface area contributed by atoms with Crippen LogP contribution < -0.4 is 4.90 Å². The van der Waals surface area contributed by atoms with Gasteiger partial charge in [-0.25, -0.2) is 4.68 Å². The second-order valence-corrected chi connectivity index (χ2v) is 7.58. The van der Waals surface area contributed by atoms with E-state index in [1.165, 1.54) is 11.1 Å². The fraction of sp³-hybridized carbons (Fsp3) is 0.318. The Kier molecular flexibility index (Phi) is 3.81. The Morgan fingerprint density at radius 3 is 2.37 bits per heavy atom. The van der Waals surface area contributed by atoms with Crippen LogP contribution in [-0.4, -0.2) is 20.7 Å². The molecule has 27 heavy (non-hydrogen) atoms. The van der Waals surface area contributed by atoms with Crippen LogP contribution in [0.5, 0.6) is 0 Å². The summed E-state index contributed by atoms with van der Waals surface area (Å²) in [6.07, 6.45) is 4.32. The zero-order valence-corrected chi connectivity index (χ0v) is 15.3. The normalized spacial score (nSPS) is 21.7. The van der Waals surface area contributed by atoms with Crippen LogP contribution in [0.2, 0.25) is 0 Å². The molecular formula is C22H22N4O. The van der Waals surface area contributed by atoms with Crippen LogP contribution in [0, 0.1) is 12.8 Å². The number of hydrogen-bond acceptors (Lipinski definition) is 3. The molecule has 1 amide bonds. The molecule has 2 atom stereocenters. The van der Waals surface area contributed by atoms with Crippen molar-refractivity contribution in [3.05, 3.63) is 77.6 Å². The summed E-state index contributed by atoms with van der Waals surface area (Å²) in [5.74, 6) is 0.982. The Balaban J connectivity index is 1.62. The first kappa shape index (κ1) is 16.2. The molecule has 1 aromatic heterocycles. The molecular weight excluding hydrogens is 336 g/mol. The molecule has 1 saturated carbocycles. The van der Waals surface area contributed by atoms with Crippen molar-refractivity contribution in [3.63, 3.8) is 0 Å². The van der Waals surface area contributed by atoms with Crippen molar-refractivity contribution in [2.45, 2.75) is 38.3 Å². The fourth-order valence-electron chi connectivity index (χ4n) is 4.00. The molecule has 2 heterocycles. The molecule has 1 fully saturated rings. The van der Waals surface area contributed by atoms with Gasteiger partial charge in [-0.15, -0.1) is 0 Å². The lowest BCUT2D eigenvalue weighted by Crippen LogP contribution is -2.43. The maximum Gasteiger partial charge on any atom is 0.233 e. The second kappa shape index (κ2) is 6.34. The van der Waals surface area contributed by atoms with Gasteiger partial charge in [-0.05, 0) is 37.3 Å². The molecule has 1 aliphatic carbocycles. The minimum Gasteiger partial charge on any atom is -0.274 e. The van der Waals surface area contributed by atoms with Crippen LogP contribution >= 0.6 is 0 Å². The van der Waals surface area contributed by atoms with Gasteiger partial charge >= 0.3 is 0 Å². The van der Waals surface area contributed by atoms with Gasteiger partial charge in [0.2, 0.25) is 11.9 Å². The molecule has 5 nitrogen and oxygen atoms in total. The van der Waals surface area contributed by atoms with Crippen molar-refractivity contribution in [2.75, 3.05) is 4.90 Å². The molecule has 0 unspecified atom stereocenters.